The van der Waals surface area contributed by atoms with Crippen LogP contribution in [0.5, 0.6) is 0 Å². The molecule has 0 aliphatic carbocycles. The highest BCUT2D eigenvalue weighted by Crippen LogP contribution is 2.29. The van der Waals surface area contributed by atoms with E-state index in [0.717, 1.165) is 24.1 Å². The molecule has 0 atom stereocenters. The van der Waals surface area contributed by atoms with E-state index in [4.69, 9.17) is 0 Å². The molecule has 0 aromatic heterocycles. The van der Waals surface area contributed by atoms with Gasteiger partial charge >= 0.3 is 0 Å². The summed E-state index contributed by atoms with van der Waals surface area (Å²) in [4.78, 5) is 0. The molecule has 0 unspecified atom stereocenters. The molecule has 18 heavy (non-hydrogen) atoms. The summed E-state index contributed by atoms with van der Waals surface area (Å²) >= 11 is 0. The van der Waals surface area contributed by atoms with Gasteiger partial charge in [-0.1, -0.05) is 18.2 Å². The van der Waals surface area contributed by atoms with Gasteiger partial charge in [-0.05, 0) is 60.2 Å². The van der Waals surface area contributed by atoms with Crippen LogP contribution in [0, 0.1) is 12.7 Å². The summed E-state index contributed by atoms with van der Waals surface area (Å²) in [5.74, 6) is -0.136. The minimum atomic E-state index is -0.136. The monoisotopic (exact) mass is 241 g/mol. The average molecular weight is 241 g/mol. The number of rotatable bonds is 1. The molecule has 0 radical (unpaired) electrons. The number of hydrogen-bond donors (Lipinski definition) is 1. The van der Waals surface area contributed by atoms with Crippen LogP contribution in [0.2, 0.25) is 0 Å². The highest BCUT2D eigenvalue weighted by atomic mass is 19.1. The number of anilines is 1. The molecular weight excluding hydrogens is 225 g/mol. The van der Waals surface area contributed by atoms with Crippen molar-refractivity contribution < 1.29 is 4.39 Å². The lowest BCUT2D eigenvalue weighted by molar-refractivity contribution is 0.619. The third-order valence-electron chi connectivity index (χ3n) is 3.55. The third kappa shape index (κ3) is 1.99. The van der Waals surface area contributed by atoms with Crippen LogP contribution in [-0.4, -0.2) is 6.54 Å². The quantitative estimate of drug-likeness (QED) is 0.790. The summed E-state index contributed by atoms with van der Waals surface area (Å²) in [5, 5.41) is 3.39. The van der Waals surface area contributed by atoms with Crippen molar-refractivity contribution in [3.8, 4) is 11.1 Å². The molecule has 1 heterocycles. The molecule has 1 aliphatic heterocycles. The van der Waals surface area contributed by atoms with Crippen LogP contribution in [0.15, 0.2) is 36.4 Å². The van der Waals surface area contributed by atoms with Crippen LogP contribution in [0.25, 0.3) is 11.1 Å². The van der Waals surface area contributed by atoms with Gasteiger partial charge in [0, 0.05) is 12.2 Å². The Bertz CT molecular complexity index is 590. The van der Waals surface area contributed by atoms with Crippen molar-refractivity contribution in [1.29, 1.82) is 0 Å². The molecule has 92 valence electrons. The first-order chi connectivity index (χ1) is 8.74. The Morgan fingerprint density at radius 3 is 2.67 bits per heavy atom. The lowest BCUT2D eigenvalue weighted by Crippen LogP contribution is -2.11. The zero-order chi connectivity index (χ0) is 12.5. The second-order valence-electron chi connectivity index (χ2n) is 4.87. The van der Waals surface area contributed by atoms with Gasteiger partial charge in [0.25, 0.3) is 0 Å². The van der Waals surface area contributed by atoms with E-state index in [-0.39, 0.29) is 5.82 Å². The average Bonchev–Trinajstić information content (AvgIpc) is 2.41. The van der Waals surface area contributed by atoms with Crippen molar-refractivity contribution in [3.05, 3.63) is 53.3 Å². The third-order valence-corrected chi connectivity index (χ3v) is 3.55. The van der Waals surface area contributed by atoms with Crippen LogP contribution in [0.1, 0.15) is 17.5 Å². The molecule has 2 aromatic rings. The molecule has 0 spiro atoms. The number of nitrogens with one attached hydrogen (secondary N) is 1. The van der Waals surface area contributed by atoms with Gasteiger partial charge < -0.3 is 5.32 Å². The van der Waals surface area contributed by atoms with Gasteiger partial charge in [0.2, 0.25) is 0 Å². The Morgan fingerprint density at radius 1 is 1.06 bits per heavy atom. The van der Waals surface area contributed by atoms with E-state index in [0.29, 0.717) is 5.56 Å². The fraction of sp³-hybridized carbons (Fsp3) is 0.250. The number of fused-ring (bicyclic) bond motifs is 1. The maximum Gasteiger partial charge on any atom is 0.126 e. The zero-order valence-corrected chi connectivity index (χ0v) is 10.5. The SMILES string of the molecule is Cc1ccc(-c2ccc3c(c2)CCCN3)cc1F. The summed E-state index contributed by atoms with van der Waals surface area (Å²) in [5.41, 5.74) is 5.29. The number of halogens is 1. The Labute approximate surface area is 107 Å². The predicted octanol–water partition coefficient (Wildman–Crippen LogP) is 4.16. The second-order valence-corrected chi connectivity index (χ2v) is 4.87. The Kier molecular flexibility index (Phi) is 2.78. The van der Waals surface area contributed by atoms with Gasteiger partial charge in [0.15, 0.2) is 0 Å². The van der Waals surface area contributed by atoms with Crippen molar-refractivity contribution in [2.24, 2.45) is 0 Å². The minimum Gasteiger partial charge on any atom is -0.385 e. The van der Waals surface area contributed by atoms with E-state index < -0.39 is 0 Å². The van der Waals surface area contributed by atoms with Crippen LogP contribution in [0.4, 0.5) is 10.1 Å². The maximum absolute atomic E-state index is 13.6. The van der Waals surface area contributed by atoms with Gasteiger partial charge in [0.05, 0.1) is 0 Å². The number of benzene rings is 2. The van der Waals surface area contributed by atoms with Gasteiger partial charge in [0.1, 0.15) is 5.82 Å². The highest BCUT2D eigenvalue weighted by Gasteiger charge is 2.10. The first-order valence-corrected chi connectivity index (χ1v) is 6.37. The fourth-order valence-corrected chi connectivity index (χ4v) is 2.43. The van der Waals surface area contributed by atoms with Gasteiger partial charge in [-0.25, -0.2) is 4.39 Å². The maximum atomic E-state index is 13.6. The lowest BCUT2D eigenvalue weighted by Gasteiger charge is -2.18. The smallest absolute Gasteiger partial charge is 0.126 e. The van der Waals surface area contributed by atoms with Crippen molar-refractivity contribution in [1.82, 2.24) is 0 Å². The van der Waals surface area contributed by atoms with Crippen molar-refractivity contribution in [2.45, 2.75) is 19.8 Å². The van der Waals surface area contributed by atoms with E-state index in [9.17, 15) is 4.39 Å². The lowest BCUT2D eigenvalue weighted by atomic mass is 9.97. The molecule has 0 fully saturated rings. The molecule has 2 aromatic carbocycles. The fourth-order valence-electron chi connectivity index (χ4n) is 2.43. The molecule has 1 aliphatic rings. The molecule has 0 bridgehead atoms. The first-order valence-electron chi connectivity index (χ1n) is 6.37. The van der Waals surface area contributed by atoms with Gasteiger partial charge in [-0.15, -0.1) is 0 Å². The second kappa shape index (κ2) is 4.45. The highest BCUT2D eigenvalue weighted by molar-refractivity contribution is 5.69. The van der Waals surface area contributed by atoms with Crippen molar-refractivity contribution in [3.63, 3.8) is 0 Å². The molecule has 0 saturated heterocycles. The standard InChI is InChI=1S/C16H16FN/c1-11-4-5-13(10-15(11)17)12-6-7-16-14(9-12)3-2-8-18-16/h4-7,9-10,18H,2-3,8H2,1H3. The van der Waals surface area contributed by atoms with Gasteiger partial charge in [-0.2, -0.15) is 0 Å². The van der Waals surface area contributed by atoms with Gasteiger partial charge in [-0.3, -0.25) is 0 Å². The summed E-state index contributed by atoms with van der Waals surface area (Å²) in [6.07, 6.45) is 2.27. The number of aryl methyl sites for hydroxylation is 2. The molecular formula is C16H16FN. The van der Waals surface area contributed by atoms with Crippen LogP contribution >= 0.6 is 0 Å². The Morgan fingerprint density at radius 2 is 1.83 bits per heavy atom. The molecule has 1 nitrogen and oxygen atoms in total. The van der Waals surface area contributed by atoms with E-state index in [1.807, 2.05) is 12.1 Å². The molecule has 3 rings (SSSR count). The topological polar surface area (TPSA) is 12.0 Å². The van der Waals surface area contributed by atoms with E-state index in [1.54, 1.807) is 13.0 Å². The van der Waals surface area contributed by atoms with E-state index in [1.165, 1.54) is 17.7 Å². The first kappa shape index (κ1) is 11.3. The Balaban J connectivity index is 2.03. The van der Waals surface area contributed by atoms with E-state index >= 15 is 0 Å². The van der Waals surface area contributed by atoms with Crippen molar-refractivity contribution in [2.75, 3.05) is 11.9 Å². The van der Waals surface area contributed by atoms with Crippen LogP contribution < -0.4 is 5.32 Å². The van der Waals surface area contributed by atoms with Crippen molar-refractivity contribution >= 4 is 5.69 Å². The van der Waals surface area contributed by atoms with E-state index in [2.05, 4.69) is 23.5 Å². The van der Waals surface area contributed by atoms with Crippen LogP contribution in [-0.2, 0) is 6.42 Å². The molecule has 0 amide bonds. The largest absolute Gasteiger partial charge is 0.385 e. The predicted molar refractivity (Wildman–Crippen MR) is 73.4 cm³/mol. The zero-order valence-electron chi connectivity index (χ0n) is 10.5. The summed E-state index contributed by atoms with van der Waals surface area (Å²) in [6, 6.07) is 11.8. The Hall–Kier alpha value is -1.83. The summed E-state index contributed by atoms with van der Waals surface area (Å²) in [6.45, 7) is 2.83. The molecule has 0 saturated carbocycles. The molecule has 1 N–H and O–H groups in total. The normalized spacial score (nSPS) is 13.9. The minimum absolute atomic E-state index is 0.136. The molecule has 2 heteroatoms. The van der Waals surface area contributed by atoms with Crippen LogP contribution in [0.3, 0.4) is 0 Å². The number of hydrogen-bond acceptors (Lipinski definition) is 1. The summed E-state index contributed by atoms with van der Waals surface area (Å²) < 4.78 is 13.6. The summed E-state index contributed by atoms with van der Waals surface area (Å²) in [7, 11) is 0.